The largest absolute Gasteiger partial charge is 0.489 e. The van der Waals surface area contributed by atoms with Gasteiger partial charge in [0.25, 0.3) is 5.91 Å². The van der Waals surface area contributed by atoms with Crippen LogP contribution >= 0.6 is 0 Å². The molecule has 2 aromatic carbocycles. The fourth-order valence-corrected chi connectivity index (χ4v) is 2.48. The lowest BCUT2D eigenvalue weighted by Crippen LogP contribution is -2.16. The molecule has 1 amide bonds. The highest BCUT2D eigenvalue weighted by atomic mass is 16.5. The lowest BCUT2D eigenvalue weighted by atomic mass is 10.1. The Balaban J connectivity index is 1.78. The second-order valence-electron chi connectivity index (χ2n) is 5.87. The van der Waals surface area contributed by atoms with E-state index in [-0.39, 0.29) is 18.2 Å². The standard InChI is InChI=1S/C20H20N2O3/c1-13-8-7-11-18(14(13)2)21-20(23)19-17(15(3)25-22-19)12-24-16-9-5-4-6-10-16/h4-11H,12H2,1-3H3,(H,21,23). The van der Waals surface area contributed by atoms with Crippen LogP contribution in [0.3, 0.4) is 0 Å². The number of amides is 1. The topological polar surface area (TPSA) is 64.4 Å². The van der Waals surface area contributed by atoms with Crippen molar-refractivity contribution in [2.75, 3.05) is 5.32 Å². The summed E-state index contributed by atoms with van der Waals surface area (Å²) in [6, 6.07) is 15.2. The molecule has 5 nitrogen and oxygen atoms in total. The number of aromatic nitrogens is 1. The molecular weight excluding hydrogens is 316 g/mol. The van der Waals surface area contributed by atoms with Gasteiger partial charge < -0.3 is 14.6 Å². The minimum absolute atomic E-state index is 0.217. The third kappa shape index (κ3) is 3.71. The molecule has 128 valence electrons. The van der Waals surface area contributed by atoms with Gasteiger partial charge in [-0.3, -0.25) is 4.79 Å². The van der Waals surface area contributed by atoms with E-state index < -0.39 is 0 Å². The van der Waals surface area contributed by atoms with Crippen LogP contribution in [0.5, 0.6) is 5.75 Å². The van der Waals surface area contributed by atoms with Crippen LogP contribution in [0.2, 0.25) is 0 Å². The summed E-state index contributed by atoms with van der Waals surface area (Å²) in [6.07, 6.45) is 0. The number of hydrogen-bond acceptors (Lipinski definition) is 4. The van der Waals surface area contributed by atoms with Crippen molar-refractivity contribution >= 4 is 11.6 Å². The number of nitrogens with zero attached hydrogens (tertiary/aromatic N) is 1. The van der Waals surface area contributed by atoms with Crippen LogP contribution in [0.4, 0.5) is 5.69 Å². The van der Waals surface area contributed by atoms with Crippen molar-refractivity contribution < 1.29 is 14.1 Å². The fraction of sp³-hybridized carbons (Fsp3) is 0.200. The molecule has 0 fully saturated rings. The Labute approximate surface area is 146 Å². The molecule has 1 heterocycles. The number of carbonyl (C=O) groups is 1. The number of aryl methyl sites for hydroxylation is 2. The smallest absolute Gasteiger partial charge is 0.278 e. The summed E-state index contributed by atoms with van der Waals surface area (Å²) in [5.41, 5.74) is 3.79. The van der Waals surface area contributed by atoms with E-state index in [4.69, 9.17) is 9.26 Å². The molecule has 0 aliphatic rings. The summed E-state index contributed by atoms with van der Waals surface area (Å²) < 4.78 is 10.9. The maximum absolute atomic E-state index is 12.6. The van der Waals surface area contributed by atoms with Gasteiger partial charge in [-0.2, -0.15) is 0 Å². The number of nitrogens with one attached hydrogen (secondary N) is 1. The highest BCUT2D eigenvalue weighted by Gasteiger charge is 2.21. The predicted octanol–water partition coefficient (Wildman–Crippen LogP) is 4.43. The lowest BCUT2D eigenvalue weighted by Gasteiger charge is -2.10. The SMILES string of the molecule is Cc1cccc(NC(=O)c2noc(C)c2COc2ccccc2)c1C. The molecule has 0 aliphatic heterocycles. The quantitative estimate of drug-likeness (QED) is 0.748. The summed E-state index contributed by atoms with van der Waals surface area (Å²) >= 11 is 0. The van der Waals surface area contributed by atoms with Crippen molar-refractivity contribution in [2.24, 2.45) is 0 Å². The van der Waals surface area contributed by atoms with Crippen LogP contribution < -0.4 is 10.1 Å². The van der Waals surface area contributed by atoms with Gasteiger partial charge in [0, 0.05) is 5.69 Å². The molecule has 0 bridgehead atoms. The number of anilines is 1. The van der Waals surface area contributed by atoms with E-state index in [0.29, 0.717) is 11.3 Å². The molecule has 0 spiro atoms. The van der Waals surface area contributed by atoms with Gasteiger partial charge in [0.2, 0.25) is 0 Å². The highest BCUT2D eigenvalue weighted by molar-refractivity contribution is 6.04. The summed E-state index contributed by atoms with van der Waals surface area (Å²) in [6.45, 7) is 5.96. The van der Waals surface area contributed by atoms with E-state index in [9.17, 15) is 4.79 Å². The Morgan fingerprint density at radius 3 is 2.60 bits per heavy atom. The lowest BCUT2D eigenvalue weighted by molar-refractivity contribution is 0.101. The average Bonchev–Trinajstić information content (AvgIpc) is 2.99. The first-order chi connectivity index (χ1) is 12.1. The van der Waals surface area contributed by atoms with Gasteiger partial charge in [0.1, 0.15) is 18.1 Å². The first-order valence-electron chi connectivity index (χ1n) is 8.07. The van der Waals surface area contributed by atoms with Gasteiger partial charge in [0.05, 0.1) is 5.56 Å². The monoisotopic (exact) mass is 336 g/mol. The normalized spacial score (nSPS) is 10.5. The Hall–Kier alpha value is -3.08. The van der Waals surface area contributed by atoms with Crippen molar-refractivity contribution in [1.29, 1.82) is 0 Å². The number of para-hydroxylation sites is 1. The van der Waals surface area contributed by atoms with E-state index >= 15 is 0 Å². The summed E-state index contributed by atoms with van der Waals surface area (Å²) in [4.78, 5) is 12.6. The Kier molecular flexibility index (Phi) is 4.84. The van der Waals surface area contributed by atoms with Crippen molar-refractivity contribution in [3.63, 3.8) is 0 Å². The molecule has 5 heteroatoms. The first-order valence-corrected chi connectivity index (χ1v) is 8.07. The maximum atomic E-state index is 12.6. The molecule has 0 atom stereocenters. The van der Waals surface area contributed by atoms with E-state index in [0.717, 1.165) is 22.6 Å². The Bertz CT molecular complexity index is 885. The summed E-state index contributed by atoms with van der Waals surface area (Å²) in [7, 11) is 0. The number of benzene rings is 2. The second-order valence-corrected chi connectivity index (χ2v) is 5.87. The minimum Gasteiger partial charge on any atom is -0.489 e. The number of carbonyl (C=O) groups excluding carboxylic acids is 1. The number of ether oxygens (including phenoxy) is 1. The molecule has 3 rings (SSSR count). The van der Waals surface area contributed by atoms with Gasteiger partial charge in [0.15, 0.2) is 5.69 Å². The van der Waals surface area contributed by atoms with Crippen LogP contribution in [0.1, 0.15) is 32.9 Å². The van der Waals surface area contributed by atoms with Crippen LogP contribution in [0.15, 0.2) is 53.1 Å². The zero-order valence-electron chi connectivity index (χ0n) is 14.5. The molecule has 3 aromatic rings. The summed E-state index contributed by atoms with van der Waals surface area (Å²) in [5.74, 6) is 0.989. The molecule has 1 N–H and O–H groups in total. The van der Waals surface area contributed by atoms with E-state index in [1.54, 1.807) is 6.92 Å². The molecule has 0 radical (unpaired) electrons. The van der Waals surface area contributed by atoms with Crippen LogP contribution in [0.25, 0.3) is 0 Å². The third-order valence-electron chi connectivity index (χ3n) is 4.18. The molecule has 0 saturated carbocycles. The van der Waals surface area contributed by atoms with Crippen LogP contribution in [-0.2, 0) is 6.61 Å². The average molecular weight is 336 g/mol. The van der Waals surface area contributed by atoms with Crippen molar-refractivity contribution in [2.45, 2.75) is 27.4 Å². The van der Waals surface area contributed by atoms with Crippen molar-refractivity contribution in [3.05, 3.63) is 76.7 Å². The van der Waals surface area contributed by atoms with Gasteiger partial charge in [-0.25, -0.2) is 0 Å². The van der Waals surface area contributed by atoms with Gasteiger partial charge in [-0.15, -0.1) is 0 Å². The molecule has 0 aliphatic carbocycles. The maximum Gasteiger partial charge on any atom is 0.278 e. The van der Waals surface area contributed by atoms with E-state index in [1.807, 2.05) is 62.4 Å². The van der Waals surface area contributed by atoms with Crippen molar-refractivity contribution in [3.8, 4) is 5.75 Å². The molecular formula is C20H20N2O3. The fourth-order valence-electron chi connectivity index (χ4n) is 2.48. The third-order valence-corrected chi connectivity index (χ3v) is 4.18. The van der Waals surface area contributed by atoms with Gasteiger partial charge >= 0.3 is 0 Å². The molecule has 1 aromatic heterocycles. The highest BCUT2D eigenvalue weighted by Crippen LogP contribution is 2.21. The summed E-state index contributed by atoms with van der Waals surface area (Å²) in [5, 5.41) is 6.81. The molecule has 0 unspecified atom stereocenters. The number of rotatable bonds is 5. The zero-order valence-corrected chi connectivity index (χ0v) is 14.5. The van der Waals surface area contributed by atoms with Gasteiger partial charge in [-0.1, -0.05) is 35.5 Å². The van der Waals surface area contributed by atoms with Crippen LogP contribution in [0, 0.1) is 20.8 Å². The molecule has 0 saturated heterocycles. The zero-order chi connectivity index (χ0) is 17.8. The van der Waals surface area contributed by atoms with E-state index in [2.05, 4.69) is 10.5 Å². The van der Waals surface area contributed by atoms with Gasteiger partial charge in [-0.05, 0) is 50.1 Å². The first kappa shape index (κ1) is 16.8. The second kappa shape index (κ2) is 7.21. The predicted molar refractivity (Wildman–Crippen MR) is 95.9 cm³/mol. The number of hydrogen-bond donors (Lipinski definition) is 1. The Morgan fingerprint density at radius 1 is 1.08 bits per heavy atom. The minimum atomic E-state index is -0.308. The Morgan fingerprint density at radius 2 is 1.84 bits per heavy atom. The van der Waals surface area contributed by atoms with Crippen LogP contribution in [-0.4, -0.2) is 11.1 Å². The van der Waals surface area contributed by atoms with E-state index in [1.165, 1.54) is 0 Å². The van der Waals surface area contributed by atoms with Crippen molar-refractivity contribution in [1.82, 2.24) is 5.16 Å². The molecule has 25 heavy (non-hydrogen) atoms.